The Kier molecular flexibility index (Phi) is 10.4. The predicted octanol–water partition coefficient (Wildman–Crippen LogP) is 5.59. The van der Waals surface area contributed by atoms with Gasteiger partial charge in [-0.3, -0.25) is 0 Å². The maximum Gasteiger partial charge on any atom is 0.0142 e. The van der Waals surface area contributed by atoms with Gasteiger partial charge in [0.2, 0.25) is 0 Å². The van der Waals surface area contributed by atoms with Crippen LogP contribution in [0.15, 0.2) is 35.3 Å². The summed E-state index contributed by atoms with van der Waals surface area (Å²) in [7, 11) is 3.84. The van der Waals surface area contributed by atoms with Gasteiger partial charge in [-0.05, 0) is 25.8 Å². The van der Waals surface area contributed by atoms with Crippen LogP contribution in [0.2, 0.25) is 0 Å². The van der Waals surface area contributed by atoms with E-state index in [1.165, 1.54) is 11.3 Å². The van der Waals surface area contributed by atoms with Crippen LogP contribution >= 0.6 is 21.6 Å². The van der Waals surface area contributed by atoms with Crippen molar-refractivity contribution in [2.45, 2.75) is 45.8 Å². The quantitative estimate of drug-likeness (QED) is 0.421. The average Bonchev–Trinajstić information content (AvgIpc) is 2.25. The van der Waals surface area contributed by atoms with E-state index in [1.54, 1.807) is 0 Å². The lowest BCUT2D eigenvalue weighted by Crippen LogP contribution is -1.88. The summed E-state index contributed by atoms with van der Waals surface area (Å²) in [5.41, 5.74) is 0. The molecule has 1 atom stereocenters. The second kappa shape index (κ2) is 10.4. The molecular formula is C13H22S2. The van der Waals surface area contributed by atoms with Crippen LogP contribution in [0.3, 0.4) is 0 Å². The minimum Gasteiger partial charge on any atom is -0.0877 e. The number of allylic oxidation sites excluding steroid dienone is 5. The molecule has 0 radical (unpaired) electrons. The topological polar surface area (TPSA) is 0 Å². The molecule has 0 spiro atoms. The van der Waals surface area contributed by atoms with Gasteiger partial charge in [-0.1, -0.05) is 66.7 Å². The molecule has 0 heterocycles. The lowest BCUT2D eigenvalue weighted by atomic mass is 10.3. The second-order valence-corrected chi connectivity index (χ2v) is 6.01. The van der Waals surface area contributed by atoms with Crippen LogP contribution in [-0.2, 0) is 0 Å². The maximum atomic E-state index is 2.28. The summed E-state index contributed by atoms with van der Waals surface area (Å²) in [6.07, 6.45) is 13.0. The third-order valence-corrected chi connectivity index (χ3v) is 4.96. The molecule has 0 aromatic rings. The molecule has 15 heavy (non-hydrogen) atoms. The van der Waals surface area contributed by atoms with Crippen molar-refractivity contribution >= 4 is 21.6 Å². The fraction of sp³-hybridized carbons (Fsp3) is 0.538. The predicted molar refractivity (Wildman–Crippen MR) is 77.3 cm³/mol. The van der Waals surface area contributed by atoms with Gasteiger partial charge >= 0.3 is 0 Å². The number of hydrogen-bond donors (Lipinski definition) is 0. The van der Waals surface area contributed by atoms with Crippen molar-refractivity contribution in [3.05, 3.63) is 35.3 Å². The highest BCUT2D eigenvalue weighted by molar-refractivity contribution is 8.78. The number of hydrogen-bond acceptors (Lipinski definition) is 2. The van der Waals surface area contributed by atoms with E-state index in [4.69, 9.17) is 0 Å². The van der Waals surface area contributed by atoms with Gasteiger partial charge in [0.05, 0.1) is 0 Å². The maximum absolute atomic E-state index is 2.28. The summed E-state index contributed by atoms with van der Waals surface area (Å²) in [6.45, 7) is 8.72. The third-order valence-electron chi connectivity index (χ3n) is 1.85. The highest BCUT2D eigenvalue weighted by Gasteiger charge is 2.00. The fourth-order valence-corrected chi connectivity index (χ4v) is 3.18. The van der Waals surface area contributed by atoms with Crippen LogP contribution in [0.25, 0.3) is 0 Å². The van der Waals surface area contributed by atoms with Gasteiger partial charge in [0.25, 0.3) is 0 Å². The van der Waals surface area contributed by atoms with E-state index in [9.17, 15) is 0 Å². The molecule has 0 N–H and O–H groups in total. The summed E-state index contributed by atoms with van der Waals surface area (Å²) in [6, 6.07) is 0. The lowest BCUT2D eigenvalue weighted by molar-refractivity contribution is 0.912. The van der Waals surface area contributed by atoms with E-state index >= 15 is 0 Å². The van der Waals surface area contributed by atoms with Crippen LogP contribution in [0.4, 0.5) is 0 Å². The molecule has 0 aliphatic heterocycles. The Morgan fingerprint density at radius 2 is 2.00 bits per heavy atom. The molecule has 1 unspecified atom stereocenters. The van der Waals surface area contributed by atoms with Crippen molar-refractivity contribution in [3.63, 3.8) is 0 Å². The minimum atomic E-state index is 0.727. The van der Waals surface area contributed by atoms with Crippen molar-refractivity contribution < 1.29 is 0 Å². The molecular weight excluding hydrogens is 220 g/mol. The molecule has 0 rings (SSSR count). The van der Waals surface area contributed by atoms with Crippen molar-refractivity contribution in [1.29, 1.82) is 0 Å². The van der Waals surface area contributed by atoms with Crippen LogP contribution < -0.4 is 0 Å². The summed E-state index contributed by atoms with van der Waals surface area (Å²) < 4.78 is 0. The van der Waals surface area contributed by atoms with Gasteiger partial charge in [0.15, 0.2) is 0 Å². The van der Waals surface area contributed by atoms with Crippen molar-refractivity contribution in [1.82, 2.24) is 0 Å². The van der Waals surface area contributed by atoms with E-state index in [2.05, 4.69) is 45.1 Å². The molecule has 0 aliphatic carbocycles. The van der Waals surface area contributed by atoms with E-state index < -0.39 is 0 Å². The largest absolute Gasteiger partial charge is 0.0877 e. The highest BCUT2D eigenvalue weighted by Crippen LogP contribution is 2.35. The molecule has 86 valence electrons. The highest BCUT2D eigenvalue weighted by atomic mass is 33.1. The van der Waals surface area contributed by atoms with Gasteiger partial charge in [-0.15, -0.1) is 0 Å². The first-order chi connectivity index (χ1) is 7.24. The smallest absolute Gasteiger partial charge is 0.0142 e. The normalized spacial score (nSPS) is 15.3. The molecule has 0 nitrogen and oxygen atoms in total. The van der Waals surface area contributed by atoms with Crippen molar-refractivity contribution in [2.75, 3.05) is 0 Å². The Labute approximate surface area is 103 Å². The Balaban J connectivity index is 4.11. The average molecular weight is 242 g/mol. The molecule has 0 bridgehead atoms. The molecule has 0 fully saturated rings. The third kappa shape index (κ3) is 8.88. The van der Waals surface area contributed by atoms with Gasteiger partial charge < -0.3 is 0 Å². The van der Waals surface area contributed by atoms with Gasteiger partial charge in [-0.2, -0.15) is 0 Å². The van der Waals surface area contributed by atoms with Crippen LogP contribution in [0.5, 0.6) is 0 Å². The van der Waals surface area contributed by atoms with E-state index in [-0.39, 0.29) is 0 Å². The number of rotatable bonds is 7. The summed E-state index contributed by atoms with van der Waals surface area (Å²) in [4.78, 5) is 1.36. The molecule has 0 aromatic heterocycles. The molecule has 0 aliphatic rings. The van der Waals surface area contributed by atoms with Gasteiger partial charge in [0.1, 0.15) is 0 Å². The standard InChI is InChI=1S/C13H22S2/c1-5-8-9-11-13(10-6-2)15-14-12(4)7-3/h5,8-12H,6-7H2,1-4H3/b8-5-,11-9-,13-10-. The van der Waals surface area contributed by atoms with Crippen LogP contribution in [0, 0.1) is 0 Å². The van der Waals surface area contributed by atoms with Gasteiger partial charge in [0, 0.05) is 10.2 Å². The summed E-state index contributed by atoms with van der Waals surface area (Å²) in [5, 5.41) is 0.727. The van der Waals surface area contributed by atoms with Gasteiger partial charge in [-0.25, -0.2) is 0 Å². The van der Waals surface area contributed by atoms with Crippen molar-refractivity contribution in [2.24, 2.45) is 0 Å². The summed E-state index contributed by atoms with van der Waals surface area (Å²) >= 11 is 0. The van der Waals surface area contributed by atoms with Crippen LogP contribution in [-0.4, -0.2) is 5.25 Å². The first-order valence-electron chi connectivity index (χ1n) is 5.57. The molecule has 0 amide bonds. The Morgan fingerprint density at radius 3 is 2.53 bits per heavy atom. The SMILES string of the molecule is C\C=C/C=C\C(=C\CC)SSC(C)CC. The minimum absolute atomic E-state index is 0.727. The molecule has 2 heteroatoms. The zero-order valence-electron chi connectivity index (χ0n) is 10.2. The van der Waals surface area contributed by atoms with Crippen molar-refractivity contribution in [3.8, 4) is 0 Å². The van der Waals surface area contributed by atoms with E-state index in [0.29, 0.717) is 0 Å². The molecule has 0 saturated heterocycles. The Hall–Kier alpha value is -0.0800. The van der Waals surface area contributed by atoms with E-state index in [1.807, 2.05) is 34.6 Å². The first-order valence-corrected chi connectivity index (χ1v) is 7.78. The monoisotopic (exact) mass is 242 g/mol. The Morgan fingerprint density at radius 1 is 1.27 bits per heavy atom. The molecule has 0 aromatic carbocycles. The van der Waals surface area contributed by atoms with E-state index in [0.717, 1.165) is 11.7 Å². The lowest BCUT2D eigenvalue weighted by Gasteiger charge is -2.07. The second-order valence-electron chi connectivity index (χ2n) is 3.30. The Bertz CT molecular complexity index is 227. The summed E-state index contributed by atoms with van der Waals surface area (Å²) in [5.74, 6) is 0. The zero-order chi connectivity index (χ0) is 11.5. The van der Waals surface area contributed by atoms with Crippen LogP contribution in [0.1, 0.15) is 40.5 Å². The fourth-order valence-electron chi connectivity index (χ4n) is 0.798. The first kappa shape index (κ1) is 14.9. The zero-order valence-corrected chi connectivity index (χ0v) is 11.8. The molecule has 0 saturated carbocycles.